The first-order chi connectivity index (χ1) is 10.3. The molecule has 3 nitrogen and oxygen atoms in total. The number of ether oxygens (including phenoxy) is 1. The van der Waals surface area contributed by atoms with Crippen molar-refractivity contribution in [2.24, 2.45) is 5.73 Å². The molecule has 0 bridgehead atoms. The van der Waals surface area contributed by atoms with Gasteiger partial charge in [0.15, 0.2) is 5.78 Å². The van der Waals surface area contributed by atoms with E-state index in [0.29, 0.717) is 19.6 Å². The summed E-state index contributed by atoms with van der Waals surface area (Å²) in [6, 6.07) is 15.6. The number of hydrogen-bond acceptors (Lipinski definition) is 3. The van der Waals surface area contributed by atoms with Crippen molar-refractivity contribution in [2.45, 2.75) is 25.3 Å². The molecular weight excluding hydrogens is 262 g/mol. The van der Waals surface area contributed by atoms with Crippen molar-refractivity contribution in [1.82, 2.24) is 0 Å². The lowest BCUT2D eigenvalue weighted by molar-refractivity contribution is 0.0966. The van der Waals surface area contributed by atoms with E-state index in [9.17, 15) is 4.79 Å². The van der Waals surface area contributed by atoms with Gasteiger partial charge in [0, 0.05) is 18.5 Å². The molecule has 0 saturated carbocycles. The van der Waals surface area contributed by atoms with Crippen molar-refractivity contribution in [3.8, 4) is 5.75 Å². The minimum Gasteiger partial charge on any atom is -0.493 e. The molecule has 2 aromatic rings. The molecule has 108 valence electrons. The number of para-hydroxylation sites is 1. The Labute approximate surface area is 124 Å². The van der Waals surface area contributed by atoms with Crippen LogP contribution in [-0.2, 0) is 6.54 Å². The molecule has 1 heterocycles. The summed E-state index contributed by atoms with van der Waals surface area (Å²) in [4.78, 5) is 12.5. The van der Waals surface area contributed by atoms with Crippen molar-refractivity contribution >= 4 is 5.78 Å². The first kappa shape index (κ1) is 13.8. The van der Waals surface area contributed by atoms with Gasteiger partial charge in [-0.1, -0.05) is 42.5 Å². The van der Waals surface area contributed by atoms with E-state index in [-0.39, 0.29) is 11.7 Å². The maximum atomic E-state index is 12.5. The molecule has 0 spiro atoms. The predicted molar refractivity (Wildman–Crippen MR) is 82.6 cm³/mol. The highest BCUT2D eigenvalue weighted by atomic mass is 16.5. The number of nitrogens with two attached hydrogens (primary N) is 1. The summed E-state index contributed by atoms with van der Waals surface area (Å²) in [5.41, 5.74) is 8.53. The van der Waals surface area contributed by atoms with Gasteiger partial charge in [0.05, 0.1) is 6.61 Å². The molecule has 0 aromatic heterocycles. The predicted octanol–water partition coefficient (Wildman–Crippen LogP) is 3.28. The van der Waals surface area contributed by atoms with Crippen LogP contribution in [0.25, 0.3) is 0 Å². The molecule has 3 heteroatoms. The van der Waals surface area contributed by atoms with Gasteiger partial charge in [0.1, 0.15) is 5.75 Å². The third-order valence-electron chi connectivity index (χ3n) is 4.03. The monoisotopic (exact) mass is 281 g/mol. The number of carbonyl (C=O) groups is 1. The van der Waals surface area contributed by atoms with E-state index in [0.717, 1.165) is 28.9 Å². The lowest BCUT2D eigenvalue weighted by Crippen LogP contribution is -2.17. The number of benzene rings is 2. The van der Waals surface area contributed by atoms with Gasteiger partial charge in [-0.25, -0.2) is 0 Å². The van der Waals surface area contributed by atoms with E-state index >= 15 is 0 Å². The van der Waals surface area contributed by atoms with Crippen molar-refractivity contribution in [3.05, 3.63) is 65.2 Å². The lowest BCUT2D eigenvalue weighted by Gasteiger charge is -2.25. The molecule has 3 rings (SSSR count). The van der Waals surface area contributed by atoms with Crippen LogP contribution >= 0.6 is 0 Å². The van der Waals surface area contributed by atoms with E-state index in [2.05, 4.69) is 6.07 Å². The number of ketones is 1. The zero-order chi connectivity index (χ0) is 14.7. The second-order valence-electron chi connectivity index (χ2n) is 5.40. The normalized spacial score (nSPS) is 16.9. The van der Waals surface area contributed by atoms with E-state index in [1.54, 1.807) is 0 Å². The number of carbonyl (C=O) groups excluding carboxylic acids is 1. The van der Waals surface area contributed by atoms with Gasteiger partial charge < -0.3 is 10.5 Å². The van der Waals surface area contributed by atoms with E-state index in [1.807, 2.05) is 42.5 Å². The largest absolute Gasteiger partial charge is 0.493 e. The second-order valence-corrected chi connectivity index (χ2v) is 5.40. The van der Waals surface area contributed by atoms with Gasteiger partial charge in [-0.3, -0.25) is 4.79 Å². The Morgan fingerprint density at radius 2 is 1.90 bits per heavy atom. The maximum absolute atomic E-state index is 12.5. The van der Waals surface area contributed by atoms with Crippen LogP contribution in [0.5, 0.6) is 5.75 Å². The Bertz CT molecular complexity index is 634. The maximum Gasteiger partial charge on any atom is 0.163 e. The standard InChI is InChI=1S/C18H19NO2/c19-12-13-5-7-14(8-6-13)17(20)11-15-9-10-21-18-4-2-1-3-16(15)18/h1-8,15H,9-12,19H2. The molecule has 1 unspecified atom stereocenters. The zero-order valence-corrected chi connectivity index (χ0v) is 11.9. The fraction of sp³-hybridized carbons (Fsp3) is 0.278. The van der Waals surface area contributed by atoms with Crippen LogP contribution in [0.3, 0.4) is 0 Å². The lowest BCUT2D eigenvalue weighted by atomic mass is 9.87. The summed E-state index contributed by atoms with van der Waals surface area (Å²) in [5, 5.41) is 0. The second kappa shape index (κ2) is 6.10. The number of fused-ring (bicyclic) bond motifs is 1. The number of rotatable bonds is 4. The summed E-state index contributed by atoms with van der Waals surface area (Å²) < 4.78 is 5.65. The van der Waals surface area contributed by atoms with Crippen molar-refractivity contribution in [1.29, 1.82) is 0 Å². The topological polar surface area (TPSA) is 52.3 Å². The van der Waals surface area contributed by atoms with Crippen LogP contribution in [0.2, 0.25) is 0 Å². The van der Waals surface area contributed by atoms with Gasteiger partial charge >= 0.3 is 0 Å². The quantitative estimate of drug-likeness (QED) is 0.875. The van der Waals surface area contributed by atoms with Crippen molar-refractivity contribution < 1.29 is 9.53 Å². The van der Waals surface area contributed by atoms with Gasteiger partial charge in [-0.2, -0.15) is 0 Å². The fourth-order valence-electron chi connectivity index (χ4n) is 2.80. The molecule has 1 aliphatic rings. The Hall–Kier alpha value is -2.13. The average Bonchev–Trinajstić information content (AvgIpc) is 2.55. The minimum atomic E-state index is 0.181. The van der Waals surface area contributed by atoms with Crippen LogP contribution in [0.1, 0.15) is 40.2 Å². The van der Waals surface area contributed by atoms with Crippen LogP contribution in [-0.4, -0.2) is 12.4 Å². The minimum absolute atomic E-state index is 0.181. The van der Waals surface area contributed by atoms with Gasteiger partial charge in [-0.05, 0) is 29.5 Å². The molecule has 0 aliphatic carbocycles. The third-order valence-corrected chi connectivity index (χ3v) is 4.03. The summed E-state index contributed by atoms with van der Waals surface area (Å²) in [7, 11) is 0. The highest BCUT2D eigenvalue weighted by Gasteiger charge is 2.23. The average molecular weight is 281 g/mol. The molecule has 0 saturated heterocycles. The fourth-order valence-corrected chi connectivity index (χ4v) is 2.80. The van der Waals surface area contributed by atoms with Gasteiger partial charge in [0.25, 0.3) is 0 Å². The zero-order valence-electron chi connectivity index (χ0n) is 11.9. The summed E-state index contributed by atoms with van der Waals surface area (Å²) in [5.74, 6) is 1.34. The van der Waals surface area contributed by atoms with Crippen molar-refractivity contribution in [3.63, 3.8) is 0 Å². The smallest absolute Gasteiger partial charge is 0.163 e. The van der Waals surface area contributed by atoms with Crippen molar-refractivity contribution in [2.75, 3.05) is 6.61 Å². The van der Waals surface area contributed by atoms with Crippen LogP contribution in [0.15, 0.2) is 48.5 Å². The SMILES string of the molecule is NCc1ccc(C(=O)CC2CCOc3ccccc32)cc1. The number of hydrogen-bond donors (Lipinski definition) is 1. The summed E-state index contributed by atoms with van der Waals surface area (Å²) in [6.07, 6.45) is 1.42. The Morgan fingerprint density at radius 3 is 2.67 bits per heavy atom. The van der Waals surface area contributed by atoms with Crippen LogP contribution in [0, 0.1) is 0 Å². The molecule has 0 radical (unpaired) electrons. The molecule has 21 heavy (non-hydrogen) atoms. The molecule has 1 atom stereocenters. The van der Waals surface area contributed by atoms with Crippen LogP contribution < -0.4 is 10.5 Å². The Balaban J connectivity index is 1.76. The molecule has 1 aliphatic heterocycles. The molecular formula is C18H19NO2. The van der Waals surface area contributed by atoms with Crippen LogP contribution in [0.4, 0.5) is 0 Å². The Morgan fingerprint density at radius 1 is 1.14 bits per heavy atom. The molecule has 2 N–H and O–H groups in total. The first-order valence-electron chi connectivity index (χ1n) is 7.32. The Kier molecular flexibility index (Phi) is 4.02. The highest BCUT2D eigenvalue weighted by molar-refractivity contribution is 5.96. The summed E-state index contributed by atoms with van der Waals surface area (Å²) in [6.45, 7) is 1.18. The first-order valence-corrected chi connectivity index (χ1v) is 7.32. The highest BCUT2D eigenvalue weighted by Crippen LogP contribution is 2.36. The van der Waals surface area contributed by atoms with Gasteiger partial charge in [0.2, 0.25) is 0 Å². The molecule has 0 fully saturated rings. The summed E-state index contributed by atoms with van der Waals surface area (Å²) >= 11 is 0. The number of Topliss-reactive ketones (excluding diaryl/α,β-unsaturated/α-hetero) is 1. The van der Waals surface area contributed by atoms with E-state index in [4.69, 9.17) is 10.5 Å². The molecule has 2 aromatic carbocycles. The van der Waals surface area contributed by atoms with E-state index < -0.39 is 0 Å². The van der Waals surface area contributed by atoms with E-state index in [1.165, 1.54) is 0 Å². The molecule has 0 amide bonds. The third kappa shape index (κ3) is 2.98. The van der Waals surface area contributed by atoms with Gasteiger partial charge in [-0.15, -0.1) is 0 Å².